The number of hydrogen-bond acceptors (Lipinski definition) is 5. The quantitative estimate of drug-likeness (QED) is 0.152. The fourth-order valence-corrected chi connectivity index (χ4v) is 10.3. The highest BCUT2D eigenvalue weighted by atomic mass is 16.3. The van der Waals surface area contributed by atoms with Crippen LogP contribution in [0.3, 0.4) is 0 Å². The van der Waals surface area contributed by atoms with Crippen LogP contribution in [0.2, 0.25) is 0 Å². The Hall–Kier alpha value is -7.76. The zero-order valence-electron chi connectivity index (χ0n) is 41.1. The van der Waals surface area contributed by atoms with Gasteiger partial charge < -0.3 is 4.42 Å². The van der Waals surface area contributed by atoms with Crippen LogP contribution in [0.15, 0.2) is 193 Å². The molecular formula is C64H58N4O. The average Bonchev–Trinajstić information content (AvgIpc) is 3.85. The van der Waals surface area contributed by atoms with E-state index in [0.717, 1.165) is 89.7 Å². The second kappa shape index (κ2) is 16.5. The standard InChI is InChI=1S/C64H58N4O/c1-41-37-52(43-21-14-11-15-22-43)61(66-40-41)68(47-32-28-45(29-33-47)63(5,6)7)55-39-54-57(59-58(55)51-23-16-17-25-56(51)69-59)50-35-34-48(38-53(50)64(54,8)9)67(46-30-26-44(27-31-46)62(2,3)4)60-49(24-18-36-65-60)42-19-12-10-13-20-42/h10-40H,1-9H3. The van der Waals surface area contributed by atoms with E-state index >= 15 is 0 Å². The minimum Gasteiger partial charge on any atom is -0.455 e. The fourth-order valence-electron chi connectivity index (χ4n) is 10.3. The topological polar surface area (TPSA) is 45.4 Å². The Labute approximate surface area is 406 Å². The van der Waals surface area contributed by atoms with E-state index < -0.39 is 5.41 Å². The van der Waals surface area contributed by atoms with Gasteiger partial charge in [-0.05, 0) is 129 Å². The molecule has 0 unspecified atom stereocenters. The lowest BCUT2D eigenvalue weighted by Crippen LogP contribution is -2.19. The molecule has 7 aromatic carbocycles. The lowest BCUT2D eigenvalue weighted by Gasteiger charge is -2.30. The number of nitrogens with zero attached hydrogens (tertiary/aromatic N) is 4. The van der Waals surface area contributed by atoms with Gasteiger partial charge in [0.25, 0.3) is 0 Å². The number of fused-ring (bicyclic) bond motifs is 7. The molecule has 5 heteroatoms. The lowest BCUT2D eigenvalue weighted by molar-refractivity contribution is 0.590. The van der Waals surface area contributed by atoms with E-state index in [4.69, 9.17) is 14.4 Å². The minimum absolute atomic E-state index is 0.0118. The Bertz CT molecular complexity index is 3540. The number of anilines is 6. The molecule has 0 atom stereocenters. The summed E-state index contributed by atoms with van der Waals surface area (Å²) in [6.45, 7) is 20.4. The number of hydrogen-bond donors (Lipinski definition) is 0. The molecule has 0 amide bonds. The molecule has 0 saturated heterocycles. The predicted octanol–water partition coefficient (Wildman–Crippen LogP) is 17.9. The highest BCUT2D eigenvalue weighted by Crippen LogP contribution is 2.58. The maximum absolute atomic E-state index is 7.16. The summed E-state index contributed by atoms with van der Waals surface area (Å²) in [7, 11) is 0. The van der Waals surface area contributed by atoms with Crippen molar-refractivity contribution in [3.8, 4) is 33.4 Å². The Kier molecular flexibility index (Phi) is 10.5. The number of rotatable bonds is 8. The van der Waals surface area contributed by atoms with Gasteiger partial charge in [-0.25, -0.2) is 9.97 Å². The molecule has 3 heterocycles. The molecule has 0 aliphatic heterocycles. The second-order valence-corrected chi connectivity index (χ2v) is 21.2. The zero-order chi connectivity index (χ0) is 47.8. The lowest BCUT2D eigenvalue weighted by atomic mass is 9.81. The van der Waals surface area contributed by atoms with Crippen molar-refractivity contribution in [1.82, 2.24) is 9.97 Å². The summed E-state index contributed by atoms with van der Waals surface area (Å²) in [5.41, 5.74) is 18.1. The molecule has 5 nitrogen and oxygen atoms in total. The first-order valence-corrected chi connectivity index (χ1v) is 24.1. The van der Waals surface area contributed by atoms with E-state index in [1.807, 2.05) is 18.5 Å². The Morgan fingerprint density at radius 1 is 0.493 bits per heavy atom. The van der Waals surface area contributed by atoms with Crippen molar-refractivity contribution in [2.45, 2.75) is 78.6 Å². The molecule has 0 bridgehead atoms. The summed E-state index contributed by atoms with van der Waals surface area (Å²) in [5.74, 6) is 1.73. The molecule has 10 aromatic rings. The van der Waals surface area contributed by atoms with Gasteiger partial charge in [0.05, 0.1) is 11.1 Å². The second-order valence-electron chi connectivity index (χ2n) is 21.2. The zero-order valence-corrected chi connectivity index (χ0v) is 41.1. The van der Waals surface area contributed by atoms with Crippen LogP contribution in [0.4, 0.5) is 34.4 Å². The van der Waals surface area contributed by atoms with Crippen LogP contribution in [-0.2, 0) is 16.2 Å². The molecule has 11 rings (SSSR count). The molecule has 3 aromatic heterocycles. The third kappa shape index (κ3) is 7.57. The number of benzene rings is 7. The van der Waals surface area contributed by atoms with E-state index in [-0.39, 0.29) is 10.8 Å². The molecule has 0 N–H and O–H groups in total. The Balaban J connectivity index is 1.16. The van der Waals surface area contributed by atoms with Gasteiger partial charge in [-0.1, -0.05) is 165 Å². The van der Waals surface area contributed by atoms with Crippen molar-refractivity contribution < 1.29 is 4.42 Å². The fraction of sp³-hybridized carbons (Fsp3) is 0.188. The van der Waals surface area contributed by atoms with Crippen LogP contribution in [0.5, 0.6) is 0 Å². The smallest absolute Gasteiger partial charge is 0.145 e. The monoisotopic (exact) mass is 898 g/mol. The van der Waals surface area contributed by atoms with Crippen molar-refractivity contribution in [2.24, 2.45) is 0 Å². The van der Waals surface area contributed by atoms with Gasteiger partial charge in [0.2, 0.25) is 0 Å². The molecule has 1 aliphatic rings. The number of aryl methyl sites for hydroxylation is 1. The summed E-state index contributed by atoms with van der Waals surface area (Å²) in [5, 5.41) is 2.12. The summed E-state index contributed by atoms with van der Waals surface area (Å²) in [6.07, 6.45) is 3.89. The van der Waals surface area contributed by atoms with Crippen LogP contribution < -0.4 is 9.80 Å². The van der Waals surface area contributed by atoms with Crippen molar-refractivity contribution >= 4 is 56.3 Å². The first-order valence-electron chi connectivity index (χ1n) is 24.1. The van der Waals surface area contributed by atoms with Crippen molar-refractivity contribution in [3.63, 3.8) is 0 Å². The summed E-state index contributed by atoms with van der Waals surface area (Å²) in [6, 6.07) is 63.6. The van der Waals surface area contributed by atoms with Crippen LogP contribution in [-0.4, -0.2) is 9.97 Å². The summed E-state index contributed by atoms with van der Waals surface area (Å²) in [4.78, 5) is 15.2. The first-order chi connectivity index (χ1) is 33.2. The van der Waals surface area contributed by atoms with Gasteiger partial charge in [0.1, 0.15) is 22.8 Å². The van der Waals surface area contributed by atoms with Crippen LogP contribution in [0.25, 0.3) is 55.3 Å². The molecule has 0 radical (unpaired) electrons. The average molecular weight is 899 g/mol. The SMILES string of the molecule is Cc1cnc(N(c2ccc(C(C)(C)C)cc2)c2cc3c(c4oc5ccccc5c24)-c2ccc(N(c4ccc(C(C)(C)C)cc4)c4ncccc4-c4ccccc4)cc2C3(C)C)c(-c2ccccc2)c1. The third-order valence-electron chi connectivity index (χ3n) is 14.1. The molecule has 340 valence electrons. The van der Waals surface area contributed by atoms with E-state index in [0.29, 0.717) is 0 Å². The van der Waals surface area contributed by atoms with E-state index in [9.17, 15) is 0 Å². The Morgan fingerprint density at radius 2 is 1.06 bits per heavy atom. The highest BCUT2D eigenvalue weighted by Gasteiger charge is 2.41. The van der Waals surface area contributed by atoms with E-state index in [1.54, 1.807) is 0 Å². The van der Waals surface area contributed by atoms with E-state index in [1.165, 1.54) is 27.8 Å². The predicted molar refractivity (Wildman–Crippen MR) is 289 cm³/mol. The highest BCUT2D eigenvalue weighted by molar-refractivity contribution is 6.19. The largest absolute Gasteiger partial charge is 0.455 e. The van der Waals surface area contributed by atoms with Gasteiger partial charge in [-0.15, -0.1) is 0 Å². The van der Waals surface area contributed by atoms with Gasteiger partial charge in [0.15, 0.2) is 0 Å². The number of aromatic nitrogens is 2. The number of furan rings is 1. The van der Waals surface area contributed by atoms with Crippen molar-refractivity contribution in [2.75, 3.05) is 9.80 Å². The molecule has 69 heavy (non-hydrogen) atoms. The van der Waals surface area contributed by atoms with Gasteiger partial charge in [-0.2, -0.15) is 0 Å². The molecule has 0 fully saturated rings. The molecule has 0 spiro atoms. The van der Waals surface area contributed by atoms with Crippen LogP contribution >= 0.6 is 0 Å². The van der Waals surface area contributed by atoms with Crippen molar-refractivity contribution in [1.29, 1.82) is 0 Å². The normalized spacial score (nSPS) is 13.1. The maximum atomic E-state index is 7.16. The maximum Gasteiger partial charge on any atom is 0.145 e. The van der Waals surface area contributed by atoms with E-state index in [2.05, 4.69) is 242 Å². The summed E-state index contributed by atoms with van der Waals surface area (Å²) >= 11 is 0. The van der Waals surface area contributed by atoms with Crippen molar-refractivity contribution in [3.05, 3.63) is 216 Å². The number of para-hydroxylation sites is 1. The molecule has 0 saturated carbocycles. The number of pyridine rings is 2. The Morgan fingerprint density at radius 3 is 1.70 bits per heavy atom. The first kappa shape index (κ1) is 43.8. The molecular weight excluding hydrogens is 841 g/mol. The van der Waals surface area contributed by atoms with Gasteiger partial charge in [-0.3, -0.25) is 9.80 Å². The molecule has 1 aliphatic carbocycles. The third-order valence-corrected chi connectivity index (χ3v) is 14.1. The minimum atomic E-state index is -0.443. The van der Waals surface area contributed by atoms with Crippen LogP contribution in [0, 0.1) is 6.92 Å². The summed E-state index contributed by atoms with van der Waals surface area (Å²) < 4.78 is 7.16. The van der Waals surface area contributed by atoms with Crippen LogP contribution in [0.1, 0.15) is 83.2 Å². The van der Waals surface area contributed by atoms with Gasteiger partial charge in [0, 0.05) is 56.9 Å². The van der Waals surface area contributed by atoms with Gasteiger partial charge >= 0.3 is 0 Å².